The molecule has 1 saturated heterocycles. The molecule has 1 aromatic carbocycles. The molecule has 1 heterocycles. The maximum atomic E-state index is 12.6. The Morgan fingerprint density at radius 3 is 2.54 bits per heavy atom. The van der Waals surface area contributed by atoms with Crippen molar-refractivity contribution < 1.29 is 19.4 Å². The maximum absolute atomic E-state index is 12.6. The van der Waals surface area contributed by atoms with Gasteiger partial charge in [-0.2, -0.15) is 0 Å². The minimum atomic E-state index is -0.323. The highest BCUT2D eigenvalue weighted by Crippen LogP contribution is 2.21. The van der Waals surface area contributed by atoms with Crippen molar-refractivity contribution in [3.05, 3.63) is 29.3 Å². The average Bonchev–Trinajstić information content (AvgIpc) is 2.80. The molecule has 0 atom stereocenters. The summed E-state index contributed by atoms with van der Waals surface area (Å²) < 4.78 is 5.26. The van der Waals surface area contributed by atoms with Gasteiger partial charge in [-0.25, -0.2) is 4.79 Å². The van der Waals surface area contributed by atoms with Gasteiger partial charge in [0.1, 0.15) is 5.75 Å². The van der Waals surface area contributed by atoms with E-state index in [0.29, 0.717) is 50.7 Å². The minimum absolute atomic E-state index is 0.0111. The van der Waals surface area contributed by atoms with Crippen LogP contribution in [0.2, 0.25) is 0 Å². The molecule has 132 valence electrons. The van der Waals surface area contributed by atoms with E-state index in [0.717, 1.165) is 5.56 Å². The van der Waals surface area contributed by atoms with Gasteiger partial charge in [-0.05, 0) is 31.4 Å². The van der Waals surface area contributed by atoms with Gasteiger partial charge >= 0.3 is 6.09 Å². The van der Waals surface area contributed by atoms with E-state index >= 15 is 0 Å². The molecular formula is C18H26N2O4. The predicted octanol–water partition coefficient (Wildman–Crippen LogP) is 2.64. The normalized spacial score (nSPS) is 15.3. The first-order valence-electron chi connectivity index (χ1n) is 8.39. The van der Waals surface area contributed by atoms with Crippen molar-refractivity contribution in [1.29, 1.82) is 0 Å². The number of phenols is 1. The van der Waals surface area contributed by atoms with Crippen LogP contribution in [0.4, 0.5) is 4.79 Å². The third-order valence-electron chi connectivity index (χ3n) is 3.96. The van der Waals surface area contributed by atoms with Crippen LogP contribution >= 0.6 is 0 Å². The number of benzene rings is 1. The third kappa shape index (κ3) is 4.63. The molecule has 1 aliphatic rings. The van der Waals surface area contributed by atoms with Gasteiger partial charge < -0.3 is 19.6 Å². The van der Waals surface area contributed by atoms with Crippen LogP contribution in [0.25, 0.3) is 0 Å². The second-order valence-electron chi connectivity index (χ2n) is 6.62. The molecule has 2 amide bonds. The Bertz CT molecular complexity index is 601. The molecule has 1 aliphatic heterocycles. The fraction of sp³-hybridized carbons (Fsp3) is 0.556. The summed E-state index contributed by atoms with van der Waals surface area (Å²) in [5.41, 5.74) is 1.23. The highest BCUT2D eigenvalue weighted by Gasteiger charge is 2.25. The highest BCUT2D eigenvalue weighted by atomic mass is 16.6. The molecule has 24 heavy (non-hydrogen) atoms. The van der Waals surface area contributed by atoms with E-state index in [4.69, 9.17) is 4.74 Å². The summed E-state index contributed by atoms with van der Waals surface area (Å²) in [5.74, 6) is 0.0833. The number of carbonyl (C=O) groups excluding carboxylic acids is 2. The number of aryl methyl sites for hydroxylation is 1. The monoisotopic (exact) mass is 334 g/mol. The third-order valence-corrected chi connectivity index (χ3v) is 3.96. The number of rotatable bonds is 3. The van der Waals surface area contributed by atoms with Crippen LogP contribution in [-0.4, -0.2) is 59.7 Å². The van der Waals surface area contributed by atoms with E-state index in [9.17, 15) is 14.7 Å². The zero-order valence-corrected chi connectivity index (χ0v) is 14.6. The lowest BCUT2D eigenvalue weighted by Gasteiger charge is -2.22. The molecule has 0 aliphatic carbocycles. The second-order valence-corrected chi connectivity index (χ2v) is 6.62. The Kier molecular flexibility index (Phi) is 6.06. The van der Waals surface area contributed by atoms with Crippen molar-refractivity contribution in [2.45, 2.75) is 27.2 Å². The zero-order valence-electron chi connectivity index (χ0n) is 14.6. The van der Waals surface area contributed by atoms with Crippen molar-refractivity contribution >= 4 is 12.0 Å². The molecule has 0 radical (unpaired) electrons. The van der Waals surface area contributed by atoms with E-state index in [1.54, 1.807) is 21.9 Å². The summed E-state index contributed by atoms with van der Waals surface area (Å²) in [4.78, 5) is 28.0. The SMILES string of the molecule is Cc1ccc(O)c(C(=O)N2CCCN(C(=O)OCC(C)C)CC2)c1. The standard InChI is InChI=1S/C18H26N2O4/c1-13(2)12-24-18(23)20-8-4-7-19(9-10-20)17(22)15-11-14(3)5-6-16(15)21/h5-6,11,13,21H,4,7-10,12H2,1-3H3. The molecule has 1 N–H and O–H groups in total. The second kappa shape index (κ2) is 8.04. The zero-order chi connectivity index (χ0) is 17.7. The molecule has 1 aromatic rings. The summed E-state index contributed by atoms with van der Waals surface area (Å²) in [6, 6.07) is 4.99. The summed E-state index contributed by atoms with van der Waals surface area (Å²) >= 11 is 0. The van der Waals surface area contributed by atoms with E-state index in [1.807, 2.05) is 20.8 Å². The molecule has 0 bridgehead atoms. The van der Waals surface area contributed by atoms with Gasteiger partial charge in [0.05, 0.1) is 12.2 Å². The first kappa shape index (κ1) is 18.1. The smallest absolute Gasteiger partial charge is 0.409 e. The van der Waals surface area contributed by atoms with Crippen LogP contribution < -0.4 is 0 Å². The summed E-state index contributed by atoms with van der Waals surface area (Å²) in [5, 5.41) is 9.94. The molecule has 0 aromatic heterocycles. The minimum Gasteiger partial charge on any atom is -0.507 e. The Balaban J connectivity index is 1.98. The lowest BCUT2D eigenvalue weighted by atomic mass is 10.1. The molecule has 6 heteroatoms. The van der Waals surface area contributed by atoms with Crippen molar-refractivity contribution in [3.8, 4) is 5.75 Å². The van der Waals surface area contributed by atoms with Gasteiger partial charge in [0.25, 0.3) is 5.91 Å². The number of hydrogen-bond acceptors (Lipinski definition) is 4. The summed E-state index contributed by atoms with van der Waals surface area (Å²) in [7, 11) is 0. The molecular weight excluding hydrogens is 308 g/mol. The van der Waals surface area contributed by atoms with Gasteiger partial charge in [0, 0.05) is 26.2 Å². The Labute approximate surface area is 143 Å². The van der Waals surface area contributed by atoms with E-state index in [-0.39, 0.29) is 17.7 Å². The number of hydrogen-bond donors (Lipinski definition) is 1. The maximum Gasteiger partial charge on any atom is 0.409 e. The van der Waals surface area contributed by atoms with Crippen molar-refractivity contribution in [2.75, 3.05) is 32.8 Å². The Morgan fingerprint density at radius 2 is 1.83 bits per heavy atom. The number of nitrogens with zero attached hydrogens (tertiary/aromatic N) is 2. The highest BCUT2D eigenvalue weighted by molar-refractivity contribution is 5.97. The van der Waals surface area contributed by atoms with Gasteiger partial charge in [0.15, 0.2) is 0 Å². The molecule has 0 unspecified atom stereocenters. The molecule has 0 saturated carbocycles. The fourth-order valence-corrected chi connectivity index (χ4v) is 2.62. The van der Waals surface area contributed by atoms with Crippen molar-refractivity contribution in [3.63, 3.8) is 0 Å². The van der Waals surface area contributed by atoms with E-state index in [2.05, 4.69) is 0 Å². The molecule has 1 fully saturated rings. The van der Waals surface area contributed by atoms with Crippen LogP contribution in [-0.2, 0) is 4.74 Å². The number of carbonyl (C=O) groups is 2. The van der Waals surface area contributed by atoms with Crippen LogP contribution in [0, 0.1) is 12.8 Å². The van der Waals surface area contributed by atoms with Crippen LogP contribution in [0.1, 0.15) is 36.2 Å². The Hall–Kier alpha value is -2.24. The van der Waals surface area contributed by atoms with Crippen LogP contribution in [0.5, 0.6) is 5.75 Å². The predicted molar refractivity (Wildman–Crippen MR) is 91.1 cm³/mol. The van der Waals surface area contributed by atoms with Crippen LogP contribution in [0.15, 0.2) is 18.2 Å². The first-order chi connectivity index (χ1) is 11.4. The van der Waals surface area contributed by atoms with Gasteiger partial charge in [-0.15, -0.1) is 0 Å². The molecule has 0 spiro atoms. The summed E-state index contributed by atoms with van der Waals surface area (Å²) in [6.45, 7) is 8.26. The van der Waals surface area contributed by atoms with Crippen molar-refractivity contribution in [1.82, 2.24) is 9.80 Å². The summed E-state index contributed by atoms with van der Waals surface area (Å²) in [6.07, 6.45) is 0.367. The van der Waals surface area contributed by atoms with Gasteiger partial charge in [-0.3, -0.25) is 4.79 Å². The number of amides is 2. The fourth-order valence-electron chi connectivity index (χ4n) is 2.62. The van der Waals surface area contributed by atoms with Crippen LogP contribution in [0.3, 0.4) is 0 Å². The van der Waals surface area contributed by atoms with Gasteiger partial charge in [-0.1, -0.05) is 25.5 Å². The van der Waals surface area contributed by atoms with Crippen molar-refractivity contribution in [2.24, 2.45) is 5.92 Å². The lowest BCUT2D eigenvalue weighted by Crippen LogP contribution is -2.38. The topological polar surface area (TPSA) is 70.1 Å². The molecule has 2 rings (SSSR count). The lowest BCUT2D eigenvalue weighted by molar-refractivity contribution is 0.0743. The quantitative estimate of drug-likeness (QED) is 0.922. The number of phenolic OH excluding ortho intramolecular Hbond substituents is 1. The van der Waals surface area contributed by atoms with Gasteiger partial charge in [0.2, 0.25) is 0 Å². The van der Waals surface area contributed by atoms with E-state index in [1.165, 1.54) is 6.07 Å². The Morgan fingerprint density at radius 1 is 1.17 bits per heavy atom. The average molecular weight is 334 g/mol. The number of aromatic hydroxyl groups is 1. The number of ether oxygens (including phenoxy) is 1. The molecule has 6 nitrogen and oxygen atoms in total. The van der Waals surface area contributed by atoms with E-state index < -0.39 is 0 Å². The first-order valence-corrected chi connectivity index (χ1v) is 8.39. The largest absolute Gasteiger partial charge is 0.507 e.